The number of anilines is 2. The van der Waals surface area contributed by atoms with Gasteiger partial charge in [-0.2, -0.15) is 0 Å². The number of carbonyl (C=O) groups excluding carboxylic acids is 1. The zero-order chi connectivity index (χ0) is 21.5. The highest BCUT2D eigenvalue weighted by Gasteiger charge is 2.22. The van der Waals surface area contributed by atoms with Gasteiger partial charge in [0.15, 0.2) is 0 Å². The van der Waals surface area contributed by atoms with E-state index in [9.17, 15) is 4.79 Å². The first kappa shape index (κ1) is 20.8. The Morgan fingerprint density at radius 2 is 1.68 bits per heavy atom. The number of nitrogens with two attached hydrogens (primary N) is 1. The van der Waals surface area contributed by atoms with E-state index in [0.717, 1.165) is 55.0 Å². The number of amides is 1. The van der Waals surface area contributed by atoms with Crippen LogP contribution >= 0.6 is 0 Å². The molecule has 3 N–H and O–H groups in total. The number of hydrogen-bond acceptors (Lipinski definition) is 6. The lowest BCUT2D eigenvalue weighted by molar-refractivity contribution is -0.123. The van der Waals surface area contributed by atoms with Crippen molar-refractivity contribution in [3.05, 3.63) is 67.0 Å². The van der Waals surface area contributed by atoms with Gasteiger partial charge in [-0.15, -0.1) is 0 Å². The molecule has 7 heteroatoms. The highest BCUT2D eigenvalue weighted by atomic mass is 16.5. The summed E-state index contributed by atoms with van der Waals surface area (Å²) in [6.07, 6.45) is 5.30. The van der Waals surface area contributed by atoms with Gasteiger partial charge in [0, 0.05) is 36.1 Å². The molecular formula is C24H27N5O2. The van der Waals surface area contributed by atoms with Gasteiger partial charge in [-0.25, -0.2) is 9.97 Å². The van der Waals surface area contributed by atoms with E-state index in [1.165, 1.54) is 0 Å². The van der Waals surface area contributed by atoms with Crippen molar-refractivity contribution in [1.82, 2.24) is 14.9 Å². The van der Waals surface area contributed by atoms with E-state index in [1.807, 2.05) is 67.0 Å². The average Bonchev–Trinajstić information content (AvgIpc) is 2.82. The van der Waals surface area contributed by atoms with E-state index < -0.39 is 0 Å². The summed E-state index contributed by atoms with van der Waals surface area (Å²) >= 11 is 0. The van der Waals surface area contributed by atoms with Gasteiger partial charge in [-0.1, -0.05) is 30.3 Å². The maximum atomic E-state index is 11.2. The molecule has 1 amide bonds. The van der Waals surface area contributed by atoms with Gasteiger partial charge < -0.3 is 15.8 Å². The van der Waals surface area contributed by atoms with Gasteiger partial charge >= 0.3 is 0 Å². The van der Waals surface area contributed by atoms with Gasteiger partial charge in [0.25, 0.3) is 0 Å². The molecule has 31 heavy (non-hydrogen) atoms. The second-order valence-electron chi connectivity index (χ2n) is 7.68. The number of aromatic nitrogens is 2. The lowest BCUT2D eigenvalue weighted by Gasteiger charge is -2.30. The number of nitrogens with zero attached hydrogens (tertiary/aromatic N) is 3. The fraction of sp³-hybridized carbons (Fsp3) is 0.292. The van der Waals surface area contributed by atoms with Crippen molar-refractivity contribution < 1.29 is 9.53 Å². The van der Waals surface area contributed by atoms with Crippen molar-refractivity contribution in [3.8, 4) is 16.9 Å². The predicted molar refractivity (Wildman–Crippen MR) is 121 cm³/mol. The molecule has 1 aromatic heterocycles. The van der Waals surface area contributed by atoms with Crippen molar-refractivity contribution in [3.63, 3.8) is 0 Å². The molecule has 3 aromatic rings. The molecule has 0 bridgehead atoms. The fourth-order valence-corrected chi connectivity index (χ4v) is 3.67. The Morgan fingerprint density at radius 3 is 2.32 bits per heavy atom. The fourth-order valence-electron chi connectivity index (χ4n) is 3.67. The molecule has 1 aliphatic heterocycles. The van der Waals surface area contributed by atoms with Crippen LogP contribution in [0.2, 0.25) is 0 Å². The summed E-state index contributed by atoms with van der Waals surface area (Å²) in [7, 11) is 0. The van der Waals surface area contributed by atoms with Crippen LogP contribution in [-0.4, -0.2) is 47.0 Å². The van der Waals surface area contributed by atoms with Gasteiger partial charge in [0.05, 0.1) is 0 Å². The zero-order valence-corrected chi connectivity index (χ0v) is 17.4. The molecule has 0 aliphatic carbocycles. The van der Waals surface area contributed by atoms with Crippen LogP contribution in [0.3, 0.4) is 0 Å². The summed E-state index contributed by atoms with van der Waals surface area (Å²) in [5, 5.41) is 3.21. The molecule has 1 saturated heterocycles. The van der Waals surface area contributed by atoms with Crippen molar-refractivity contribution in [2.24, 2.45) is 11.7 Å². The van der Waals surface area contributed by atoms with Crippen LogP contribution in [0.25, 0.3) is 11.1 Å². The summed E-state index contributed by atoms with van der Waals surface area (Å²) < 4.78 is 5.86. The topological polar surface area (TPSA) is 93.4 Å². The van der Waals surface area contributed by atoms with Gasteiger partial charge in [0.2, 0.25) is 11.9 Å². The standard InChI is InChI=1S/C24H27N5O2/c25-23(30)19-10-12-29(13-11-19)14-15-31-22-8-6-21(7-9-22)28-24-26-16-20(17-27-24)18-4-2-1-3-5-18/h1-9,16-17,19H,10-15H2,(H2,25,30)(H,26,27,28). The molecule has 0 spiro atoms. The molecule has 7 nitrogen and oxygen atoms in total. The van der Waals surface area contributed by atoms with Gasteiger partial charge in [-0.3, -0.25) is 9.69 Å². The number of primary amides is 1. The minimum atomic E-state index is -0.179. The molecule has 1 aliphatic rings. The monoisotopic (exact) mass is 417 g/mol. The normalized spacial score (nSPS) is 14.8. The Bertz CT molecular complexity index is 969. The summed E-state index contributed by atoms with van der Waals surface area (Å²) in [6.45, 7) is 3.23. The molecule has 4 rings (SSSR count). The first-order valence-corrected chi connectivity index (χ1v) is 10.6. The summed E-state index contributed by atoms with van der Waals surface area (Å²) in [4.78, 5) is 22.4. The first-order chi connectivity index (χ1) is 15.2. The summed E-state index contributed by atoms with van der Waals surface area (Å²) in [5.41, 5.74) is 8.35. The largest absolute Gasteiger partial charge is 0.492 e. The Labute approximate surface area is 182 Å². The van der Waals surface area contributed by atoms with E-state index in [1.54, 1.807) is 0 Å². The van der Waals surface area contributed by atoms with Crippen molar-refractivity contribution in [2.75, 3.05) is 31.6 Å². The number of benzene rings is 2. The zero-order valence-electron chi connectivity index (χ0n) is 17.4. The van der Waals surface area contributed by atoms with Crippen LogP contribution in [0, 0.1) is 5.92 Å². The second kappa shape index (κ2) is 10.0. The minimum Gasteiger partial charge on any atom is -0.492 e. The molecule has 0 saturated carbocycles. The molecule has 0 atom stereocenters. The molecule has 1 fully saturated rings. The Hall–Kier alpha value is -3.45. The van der Waals surface area contributed by atoms with Crippen molar-refractivity contribution >= 4 is 17.5 Å². The van der Waals surface area contributed by atoms with Gasteiger partial charge in [-0.05, 0) is 55.8 Å². The maximum absolute atomic E-state index is 11.2. The van der Waals surface area contributed by atoms with Gasteiger partial charge in [0.1, 0.15) is 12.4 Å². The van der Waals surface area contributed by atoms with Crippen LogP contribution in [0.1, 0.15) is 12.8 Å². The molecule has 0 radical (unpaired) electrons. The SMILES string of the molecule is NC(=O)C1CCN(CCOc2ccc(Nc3ncc(-c4ccccc4)cn3)cc2)CC1. The van der Waals surface area contributed by atoms with E-state index in [-0.39, 0.29) is 11.8 Å². The Morgan fingerprint density at radius 1 is 1.00 bits per heavy atom. The van der Waals surface area contributed by atoms with Crippen LogP contribution < -0.4 is 15.8 Å². The third-order valence-electron chi connectivity index (χ3n) is 5.54. The lowest BCUT2D eigenvalue weighted by atomic mass is 9.96. The number of likely N-dealkylation sites (tertiary alicyclic amines) is 1. The van der Waals surface area contributed by atoms with E-state index in [2.05, 4.69) is 20.2 Å². The highest BCUT2D eigenvalue weighted by molar-refractivity contribution is 5.76. The number of rotatable bonds is 8. The second-order valence-corrected chi connectivity index (χ2v) is 7.68. The molecule has 0 unspecified atom stereocenters. The Kier molecular flexibility index (Phi) is 6.74. The summed E-state index contributed by atoms with van der Waals surface area (Å²) in [6, 6.07) is 17.8. The minimum absolute atomic E-state index is 0.0238. The van der Waals surface area contributed by atoms with E-state index >= 15 is 0 Å². The number of ether oxygens (including phenoxy) is 1. The highest BCUT2D eigenvalue weighted by Crippen LogP contribution is 2.21. The average molecular weight is 418 g/mol. The third kappa shape index (κ3) is 5.79. The number of nitrogens with one attached hydrogen (secondary N) is 1. The number of piperidine rings is 1. The number of carbonyl (C=O) groups is 1. The number of hydrogen-bond donors (Lipinski definition) is 2. The van der Waals surface area contributed by atoms with Crippen LogP contribution in [0.4, 0.5) is 11.6 Å². The lowest BCUT2D eigenvalue weighted by Crippen LogP contribution is -2.40. The molecule has 160 valence electrons. The third-order valence-corrected chi connectivity index (χ3v) is 5.54. The summed E-state index contributed by atoms with van der Waals surface area (Å²) in [5.74, 6) is 1.21. The predicted octanol–water partition coefficient (Wildman–Crippen LogP) is 3.46. The quantitative estimate of drug-likeness (QED) is 0.583. The molecular weight excluding hydrogens is 390 g/mol. The van der Waals surface area contributed by atoms with Crippen LogP contribution in [-0.2, 0) is 4.79 Å². The van der Waals surface area contributed by atoms with Crippen molar-refractivity contribution in [2.45, 2.75) is 12.8 Å². The maximum Gasteiger partial charge on any atom is 0.227 e. The van der Waals surface area contributed by atoms with Crippen LogP contribution in [0.5, 0.6) is 5.75 Å². The van der Waals surface area contributed by atoms with Crippen LogP contribution in [0.15, 0.2) is 67.0 Å². The Balaban J connectivity index is 1.23. The smallest absolute Gasteiger partial charge is 0.227 e. The first-order valence-electron chi connectivity index (χ1n) is 10.6. The van der Waals surface area contributed by atoms with E-state index in [4.69, 9.17) is 10.5 Å². The molecule has 2 heterocycles. The van der Waals surface area contributed by atoms with Crippen molar-refractivity contribution in [1.29, 1.82) is 0 Å². The van der Waals surface area contributed by atoms with E-state index in [0.29, 0.717) is 12.6 Å². The molecule has 2 aromatic carbocycles.